The highest BCUT2D eigenvalue weighted by atomic mass is 16.3. The summed E-state index contributed by atoms with van der Waals surface area (Å²) in [6, 6.07) is 14.4. The Morgan fingerprint density at radius 2 is 1.75 bits per heavy atom. The number of hydrogen-bond acceptors (Lipinski definition) is 5. The van der Waals surface area contributed by atoms with Gasteiger partial charge in [0.05, 0.1) is 18.5 Å². The predicted octanol–water partition coefficient (Wildman–Crippen LogP) is 4.46. The molecular formula is C32H41N5O3. The molecule has 1 saturated heterocycles. The number of carbonyl (C=O) groups is 2. The van der Waals surface area contributed by atoms with E-state index in [9.17, 15) is 9.59 Å². The molecule has 1 N–H and O–H groups in total. The Morgan fingerprint density at radius 1 is 1.00 bits per heavy atom. The smallest absolute Gasteiger partial charge is 0.271 e. The van der Waals surface area contributed by atoms with E-state index >= 15 is 0 Å². The second kappa shape index (κ2) is 10.8. The third-order valence-corrected chi connectivity index (χ3v) is 9.18. The highest BCUT2D eigenvalue weighted by Gasteiger charge is 2.48. The molecule has 2 aromatic heterocycles. The van der Waals surface area contributed by atoms with Crippen molar-refractivity contribution in [3.63, 3.8) is 0 Å². The molecule has 0 bridgehead atoms. The van der Waals surface area contributed by atoms with Crippen molar-refractivity contribution in [2.75, 3.05) is 44.2 Å². The first-order valence-corrected chi connectivity index (χ1v) is 14.7. The number of furan rings is 1. The number of amides is 2. The molecule has 4 heterocycles. The van der Waals surface area contributed by atoms with E-state index in [0.717, 1.165) is 64.1 Å². The van der Waals surface area contributed by atoms with E-state index in [1.807, 2.05) is 40.7 Å². The Morgan fingerprint density at radius 3 is 2.48 bits per heavy atom. The number of nitrogens with one attached hydrogen (secondary N) is 1. The van der Waals surface area contributed by atoms with Crippen molar-refractivity contribution in [3.05, 3.63) is 65.5 Å². The lowest BCUT2D eigenvalue weighted by Crippen LogP contribution is -2.66. The fraction of sp³-hybridized carbons (Fsp3) is 0.500. The third-order valence-electron chi connectivity index (χ3n) is 9.18. The average molecular weight is 544 g/mol. The van der Waals surface area contributed by atoms with Crippen molar-refractivity contribution in [3.8, 4) is 11.5 Å². The van der Waals surface area contributed by atoms with Crippen molar-refractivity contribution in [2.45, 2.75) is 64.6 Å². The number of rotatable bonds is 7. The van der Waals surface area contributed by atoms with Crippen molar-refractivity contribution in [1.29, 1.82) is 0 Å². The molecule has 1 aromatic carbocycles. The van der Waals surface area contributed by atoms with Crippen LogP contribution in [0, 0.1) is 13.8 Å². The molecule has 3 aromatic rings. The molecule has 6 rings (SSSR count). The normalized spacial score (nSPS) is 22.1. The van der Waals surface area contributed by atoms with Crippen molar-refractivity contribution >= 4 is 17.5 Å². The molecule has 212 valence electrons. The second-order valence-corrected chi connectivity index (χ2v) is 12.0. The maximum Gasteiger partial charge on any atom is 0.271 e. The summed E-state index contributed by atoms with van der Waals surface area (Å²) < 4.78 is 7.63. The molecule has 1 atom stereocenters. The third kappa shape index (κ3) is 4.94. The Kier molecular flexibility index (Phi) is 7.21. The van der Waals surface area contributed by atoms with E-state index < -0.39 is 5.54 Å². The van der Waals surface area contributed by atoms with Gasteiger partial charge < -0.3 is 24.1 Å². The minimum absolute atomic E-state index is 0.0581. The van der Waals surface area contributed by atoms with E-state index in [0.29, 0.717) is 24.5 Å². The van der Waals surface area contributed by atoms with Crippen LogP contribution in [0.25, 0.3) is 11.5 Å². The van der Waals surface area contributed by atoms with Gasteiger partial charge in [0.2, 0.25) is 5.91 Å². The number of aryl methyl sites for hydroxylation is 2. The highest BCUT2D eigenvalue weighted by molar-refractivity contribution is 6.00. The zero-order chi connectivity index (χ0) is 27.9. The lowest BCUT2D eigenvalue weighted by molar-refractivity contribution is -0.133. The van der Waals surface area contributed by atoms with Gasteiger partial charge in [-0.15, -0.1) is 0 Å². The van der Waals surface area contributed by atoms with Crippen molar-refractivity contribution in [1.82, 2.24) is 19.7 Å². The van der Waals surface area contributed by atoms with Gasteiger partial charge in [-0.2, -0.15) is 0 Å². The largest absolute Gasteiger partial charge is 0.463 e. The van der Waals surface area contributed by atoms with Crippen LogP contribution in [0.2, 0.25) is 0 Å². The summed E-state index contributed by atoms with van der Waals surface area (Å²) >= 11 is 0. The van der Waals surface area contributed by atoms with Crippen molar-refractivity contribution in [2.24, 2.45) is 0 Å². The van der Waals surface area contributed by atoms with Gasteiger partial charge in [-0.05, 0) is 75.1 Å². The number of aromatic nitrogens is 1. The van der Waals surface area contributed by atoms with Crippen molar-refractivity contribution < 1.29 is 14.0 Å². The maximum atomic E-state index is 14.0. The van der Waals surface area contributed by atoms with E-state index in [2.05, 4.69) is 47.2 Å². The predicted molar refractivity (Wildman–Crippen MR) is 157 cm³/mol. The monoisotopic (exact) mass is 543 g/mol. The molecule has 2 fully saturated rings. The molecule has 2 aliphatic heterocycles. The first-order valence-electron chi connectivity index (χ1n) is 14.7. The topological polar surface area (TPSA) is 74.0 Å². The van der Waals surface area contributed by atoms with Crippen LogP contribution in [0.1, 0.15) is 54.2 Å². The zero-order valence-corrected chi connectivity index (χ0v) is 24.0. The van der Waals surface area contributed by atoms with E-state index in [1.54, 1.807) is 6.26 Å². The standard InChI is InChI=1S/C32H41N5O3/c1-23-10-11-24(2)28(21-23)35-17-14-34(15-18-35)16-19-37-30(38)27-13-12-26(29-9-6-20-40-29)36(27)22-32(37,3)31(39)33-25-7-4-5-8-25/h6,9-13,20-21,25H,4-5,7-8,14-19,22H2,1-3H3,(H,33,39). The highest BCUT2D eigenvalue weighted by Crippen LogP contribution is 2.34. The molecule has 0 radical (unpaired) electrons. The number of piperazine rings is 1. The van der Waals surface area contributed by atoms with Gasteiger partial charge in [0.15, 0.2) is 0 Å². The van der Waals surface area contributed by atoms with Crippen LogP contribution in [0.5, 0.6) is 0 Å². The first kappa shape index (κ1) is 26.7. The SMILES string of the molecule is Cc1ccc(C)c(N2CCN(CCN3C(=O)c4ccc(-c5ccco5)n4CC3(C)C(=O)NC3CCCC3)CC2)c1. The van der Waals surface area contributed by atoms with Gasteiger partial charge in [-0.3, -0.25) is 14.5 Å². The van der Waals surface area contributed by atoms with Gasteiger partial charge in [-0.1, -0.05) is 25.0 Å². The van der Waals surface area contributed by atoms with Gasteiger partial charge in [-0.25, -0.2) is 0 Å². The van der Waals surface area contributed by atoms with Crippen LogP contribution >= 0.6 is 0 Å². The van der Waals surface area contributed by atoms with Gasteiger partial charge >= 0.3 is 0 Å². The lowest BCUT2D eigenvalue weighted by Gasteiger charge is -2.46. The first-order chi connectivity index (χ1) is 19.3. The maximum absolute atomic E-state index is 14.0. The number of fused-ring (bicyclic) bond motifs is 1. The van der Waals surface area contributed by atoms with Gasteiger partial charge in [0.1, 0.15) is 17.0 Å². The minimum atomic E-state index is -0.993. The molecule has 1 unspecified atom stereocenters. The van der Waals surface area contributed by atoms with Crippen LogP contribution in [-0.2, 0) is 11.3 Å². The Bertz CT molecular complexity index is 1370. The molecule has 8 heteroatoms. The molecule has 40 heavy (non-hydrogen) atoms. The number of carbonyl (C=O) groups excluding carboxylic acids is 2. The van der Waals surface area contributed by atoms with Gasteiger partial charge in [0, 0.05) is 51.0 Å². The van der Waals surface area contributed by atoms with Crippen LogP contribution in [0.4, 0.5) is 5.69 Å². The average Bonchev–Trinajstić information content (AvgIpc) is 3.73. The number of benzene rings is 1. The lowest BCUT2D eigenvalue weighted by atomic mass is 9.94. The molecule has 3 aliphatic rings. The summed E-state index contributed by atoms with van der Waals surface area (Å²) in [4.78, 5) is 34.6. The van der Waals surface area contributed by atoms with E-state index in [4.69, 9.17) is 4.42 Å². The number of hydrogen-bond donors (Lipinski definition) is 1. The van der Waals surface area contributed by atoms with Crippen LogP contribution < -0.4 is 10.2 Å². The van der Waals surface area contributed by atoms with Gasteiger partial charge in [0.25, 0.3) is 5.91 Å². The fourth-order valence-corrected chi connectivity index (χ4v) is 6.69. The van der Waals surface area contributed by atoms with Crippen LogP contribution in [-0.4, -0.2) is 77.0 Å². The summed E-state index contributed by atoms with van der Waals surface area (Å²) in [7, 11) is 0. The zero-order valence-electron chi connectivity index (χ0n) is 24.0. The summed E-state index contributed by atoms with van der Waals surface area (Å²) in [5.41, 5.74) is 4.34. The van der Waals surface area contributed by atoms with Crippen LogP contribution in [0.15, 0.2) is 53.1 Å². The Hall–Kier alpha value is -3.52. The summed E-state index contributed by atoms with van der Waals surface area (Å²) in [5, 5.41) is 3.30. The Labute approximate surface area is 236 Å². The molecule has 1 aliphatic carbocycles. The quantitative estimate of drug-likeness (QED) is 0.476. The number of nitrogens with zero attached hydrogens (tertiary/aromatic N) is 4. The molecule has 1 saturated carbocycles. The summed E-state index contributed by atoms with van der Waals surface area (Å²) in [6.45, 7) is 11.7. The second-order valence-electron chi connectivity index (χ2n) is 12.0. The molecule has 2 amide bonds. The summed E-state index contributed by atoms with van der Waals surface area (Å²) in [6.07, 6.45) is 5.93. The van der Waals surface area contributed by atoms with E-state index in [-0.39, 0.29) is 17.9 Å². The molecule has 0 spiro atoms. The van der Waals surface area contributed by atoms with Crippen LogP contribution in [0.3, 0.4) is 0 Å². The number of anilines is 1. The van der Waals surface area contributed by atoms with E-state index in [1.165, 1.54) is 16.8 Å². The Balaban J connectivity index is 1.19. The molecular weight excluding hydrogens is 502 g/mol. The molecule has 8 nitrogen and oxygen atoms in total. The fourth-order valence-electron chi connectivity index (χ4n) is 6.69. The minimum Gasteiger partial charge on any atom is -0.463 e. The summed E-state index contributed by atoms with van der Waals surface area (Å²) in [5.74, 6) is 0.548.